The van der Waals surface area contributed by atoms with Gasteiger partial charge in [-0.05, 0) is 61.3 Å². The molecule has 0 atom stereocenters. The van der Waals surface area contributed by atoms with Crippen LogP contribution in [0.5, 0.6) is 0 Å². The minimum atomic E-state index is 0.978. The third kappa shape index (κ3) is 3.91. The van der Waals surface area contributed by atoms with Gasteiger partial charge in [0.1, 0.15) is 0 Å². The SMILES string of the molecule is C=Cc1ccc(-c2nc(CCCC)cnc2-c2ccc3c(c2)CCCC3)cc1. The summed E-state index contributed by atoms with van der Waals surface area (Å²) < 4.78 is 0. The summed E-state index contributed by atoms with van der Waals surface area (Å²) in [5.74, 6) is 0. The number of aromatic nitrogens is 2. The van der Waals surface area contributed by atoms with Crippen LogP contribution in [-0.4, -0.2) is 9.97 Å². The number of aryl methyl sites for hydroxylation is 3. The van der Waals surface area contributed by atoms with Crippen LogP contribution in [-0.2, 0) is 19.3 Å². The van der Waals surface area contributed by atoms with Gasteiger partial charge in [-0.15, -0.1) is 0 Å². The molecule has 0 saturated carbocycles. The Balaban J connectivity index is 1.80. The lowest BCUT2D eigenvalue weighted by Gasteiger charge is -2.17. The summed E-state index contributed by atoms with van der Waals surface area (Å²) in [5.41, 5.74) is 9.44. The Morgan fingerprint density at radius 3 is 2.43 bits per heavy atom. The highest BCUT2D eigenvalue weighted by atomic mass is 14.8. The van der Waals surface area contributed by atoms with Gasteiger partial charge in [-0.2, -0.15) is 0 Å². The molecule has 2 heteroatoms. The predicted octanol–water partition coefficient (Wildman–Crippen LogP) is 6.68. The van der Waals surface area contributed by atoms with Gasteiger partial charge in [-0.25, -0.2) is 4.98 Å². The van der Waals surface area contributed by atoms with Crippen molar-refractivity contribution in [1.82, 2.24) is 9.97 Å². The van der Waals surface area contributed by atoms with Gasteiger partial charge in [0, 0.05) is 17.3 Å². The third-order valence-corrected chi connectivity index (χ3v) is 5.65. The van der Waals surface area contributed by atoms with E-state index in [0.717, 1.165) is 47.5 Å². The Kier molecular flexibility index (Phi) is 5.66. The molecule has 1 aliphatic carbocycles. The maximum absolute atomic E-state index is 5.04. The van der Waals surface area contributed by atoms with E-state index >= 15 is 0 Å². The average molecular weight is 369 g/mol. The topological polar surface area (TPSA) is 25.8 Å². The van der Waals surface area contributed by atoms with E-state index in [9.17, 15) is 0 Å². The van der Waals surface area contributed by atoms with Crippen molar-refractivity contribution in [2.45, 2.75) is 51.9 Å². The first-order valence-corrected chi connectivity index (χ1v) is 10.5. The Bertz CT molecular complexity index is 970. The van der Waals surface area contributed by atoms with E-state index in [4.69, 9.17) is 9.97 Å². The number of benzene rings is 2. The van der Waals surface area contributed by atoms with Crippen LogP contribution in [0.15, 0.2) is 55.2 Å². The fraction of sp³-hybridized carbons (Fsp3) is 0.308. The van der Waals surface area contributed by atoms with E-state index in [1.165, 1.54) is 42.4 Å². The van der Waals surface area contributed by atoms with E-state index in [0.29, 0.717) is 0 Å². The third-order valence-electron chi connectivity index (χ3n) is 5.65. The molecule has 142 valence electrons. The number of hydrogen-bond donors (Lipinski definition) is 0. The molecule has 0 radical (unpaired) electrons. The molecule has 3 aromatic rings. The Labute approximate surface area is 168 Å². The van der Waals surface area contributed by atoms with Crippen LogP contribution in [0.1, 0.15) is 55.0 Å². The zero-order valence-electron chi connectivity index (χ0n) is 16.7. The Hall–Kier alpha value is -2.74. The summed E-state index contributed by atoms with van der Waals surface area (Å²) in [5, 5.41) is 0. The lowest BCUT2D eigenvalue weighted by Crippen LogP contribution is -2.04. The van der Waals surface area contributed by atoms with Crippen molar-refractivity contribution in [3.8, 4) is 22.5 Å². The van der Waals surface area contributed by atoms with Crippen molar-refractivity contribution in [3.63, 3.8) is 0 Å². The van der Waals surface area contributed by atoms with Crippen LogP contribution in [0.2, 0.25) is 0 Å². The zero-order chi connectivity index (χ0) is 19.3. The molecule has 0 fully saturated rings. The van der Waals surface area contributed by atoms with E-state index in [1.807, 2.05) is 12.3 Å². The van der Waals surface area contributed by atoms with Crippen LogP contribution >= 0.6 is 0 Å². The standard InChI is InChI=1S/C26H28N2/c1-3-5-10-24-18-27-25(23-16-15-20-8-6-7-9-22(20)17-23)26(28-24)21-13-11-19(4-2)12-14-21/h4,11-18H,2-3,5-10H2,1H3. The smallest absolute Gasteiger partial charge is 0.0968 e. The predicted molar refractivity (Wildman–Crippen MR) is 118 cm³/mol. The van der Waals surface area contributed by atoms with Crippen molar-refractivity contribution in [2.24, 2.45) is 0 Å². The summed E-state index contributed by atoms with van der Waals surface area (Å²) in [4.78, 5) is 9.92. The van der Waals surface area contributed by atoms with Gasteiger partial charge in [-0.3, -0.25) is 4.98 Å². The van der Waals surface area contributed by atoms with Crippen molar-refractivity contribution >= 4 is 6.08 Å². The van der Waals surface area contributed by atoms with Gasteiger partial charge in [0.05, 0.1) is 17.1 Å². The van der Waals surface area contributed by atoms with E-state index in [2.05, 4.69) is 56.0 Å². The molecule has 2 nitrogen and oxygen atoms in total. The second-order valence-corrected chi connectivity index (χ2v) is 7.68. The van der Waals surface area contributed by atoms with Crippen LogP contribution in [0.3, 0.4) is 0 Å². The van der Waals surface area contributed by atoms with E-state index in [1.54, 1.807) is 0 Å². The molecule has 4 rings (SSSR count). The lowest BCUT2D eigenvalue weighted by molar-refractivity contribution is 0.686. The van der Waals surface area contributed by atoms with Crippen molar-refractivity contribution in [2.75, 3.05) is 0 Å². The fourth-order valence-corrected chi connectivity index (χ4v) is 3.97. The zero-order valence-corrected chi connectivity index (χ0v) is 16.7. The number of rotatable bonds is 6. The summed E-state index contributed by atoms with van der Waals surface area (Å²) >= 11 is 0. The molecule has 1 aliphatic rings. The number of hydrogen-bond acceptors (Lipinski definition) is 2. The molecule has 1 heterocycles. The van der Waals surface area contributed by atoms with Gasteiger partial charge >= 0.3 is 0 Å². The molecule has 2 aromatic carbocycles. The summed E-state index contributed by atoms with van der Waals surface area (Å²) in [7, 11) is 0. The number of unbranched alkanes of at least 4 members (excludes halogenated alkanes) is 1. The summed E-state index contributed by atoms with van der Waals surface area (Å²) in [6, 6.07) is 15.3. The maximum Gasteiger partial charge on any atom is 0.0968 e. The molecular formula is C26H28N2. The monoisotopic (exact) mass is 368 g/mol. The quantitative estimate of drug-likeness (QED) is 0.485. The van der Waals surface area contributed by atoms with Gasteiger partial charge in [-0.1, -0.05) is 62.4 Å². The minimum absolute atomic E-state index is 0.978. The van der Waals surface area contributed by atoms with Crippen LogP contribution in [0.25, 0.3) is 28.6 Å². The number of fused-ring (bicyclic) bond motifs is 1. The first-order chi connectivity index (χ1) is 13.8. The van der Waals surface area contributed by atoms with Crippen molar-refractivity contribution in [1.29, 1.82) is 0 Å². The highest BCUT2D eigenvalue weighted by molar-refractivity contribution is 5.78. The molecule has 0 unspecified atom stereocenters. The van der Waals surface area contributed by atoms with Gasteiger partial charge in [0.25, 0.3) is 0 Å². The van der Waals surface area contributed by atoms with Crippen molar-refractivity contribution in [3.05, 3.63) is 77.6 Å². The molecule has 1 aromatic heterocycles. The highest BCUT2D eigenvalue weighted by Gasteiger charge is 2.15. The van der Waals surface area contributed by atoms with Crippen LogP contribution in [0.4, 0.5) is 0 Å². The summed E-state index contributed by atoms with van der Waals surface area (Å²) in [6.45, 7) is 6.07. The van der Waals surface area contributed by atoms with E-state index < -0.39 is 0 Å². The normalized spacial score (nSPS) is 13.2. The number of nitrogens with zero attached hydrogens (tertiary/aromatic N) is 2. The van der Waals surface area contributed by atoms with Crippen molar-refractivity contribution < 1.29 is 0 Å². The molecular weight excluding hydrogens is 340 g/mol. The largest absolute Gasteiger partial charge is 0.252 e. The molecule has 0 aliphatic heterocycles. The minimum Gasteiger partial charge on any atom is -0.252 e. The Morgan fingerprint density at radius 2 is 1.68 bits per heavy atom. The lowest BCUT2D eigenvalue weighted by atomic mass is 9.89. The van der Waals surface area contributed by atoms with E-state index in [-0.39, 0.29) is 0 Å². The Morgan fingerprint density at radius 1 is 0.929 bits per heavy atom. The molecule has 0 N–H and O–H groups in total. The van der Waals surface area contributed by atoms with Crippen LogP contribution in [0, 0.1) is 0 Å². The summed E-state index contributed by atoms with van der Waals surface area (Å²) in [6.07, 6.45) is 12.1. The molecule has 0 spiro atoms. The molecule has 0 bridgehead atoms. The fourth-order valence-electron chi connectivity index (χ4n) is 3.97. The molecule has 0 saturated heterocycles. The average Bonchev–Trinajstić information content (AvgIpc) is 2.77. The molecule has 28 heavy (non-hydrogen) atoms. The van der Waals surface area contributed by atoms with Crippen LogP contribution < -0.4 is 0 Å². The highest BCUT2D eigenvalue weighted by Crippen LogP contribution is 2.32. The van der Waals surface area contributed by atoms with Gasteiger partial charge < -0.3 is 0 Å². The maximum atomic E-state index is 5.04. The molecule has 0 amide bonds. The van der Waals surface area contributed by atoms with Gasteiger partial charge in [0.2, 0.25) is 0 Å². The first-order valence-electron chi connectivity index (χ1n) is 10.5. The second kappa shape index (κ2) is 8.52. The second-order valence-electron chi connectivity index (χ2n) is 7.68. The van der Waals surface area contributed by atoms with Gasteiger partial charge in [0.15, 0.2) is 0 Å². The first kappa shape index (κ1) is 18.6.